The number of nitrogens with one attached hydrogen (secondary N) is 2. The average molecular weight is 350 g/mol. The van der Waals surface area contributed by atoms with E-state index in [9.17, 15) is 5.11 Å². The number of thiophene rings is 1. The van der Waals surface area contributed by atoms with E-state index in [1.54, 1.807) is 24.3 Å². The Labute approximate surface area is 147 Å². The van der Waals surface area contributed by atoms with Gasteiger partial charge in [0.1, 0.15) is 17.1 Å². The van der Waals surface area contributed by atoms with Gasteiger partial charge < -0.3 is 20.2 Å². The first kappa shape index (κ1) is 18.5. The number of hydrogen-bond acceptors (Lipinski definition) is 4. The zero-order valence-electron chi connectivity index (χ0n) is 14.8. The van der Waals surface area contributed by atoms with Gasteiger partial charge in [-0.25, -0.2) is 4.99 Å². The Hall–Kier alpha value is -1.79. The molecule has 0 amide bonds. The summed E-state index contributed by atoms with van der Waals surface area (Å²) in [5.74, 6) is 2.42. The first-order valence-electron chi connectivity index (χ1n) is 8.27. The van der Waals surface area contributed by atoms with Crippen molar-refractivity contribution in [2.45, 2.75) is 39.2 Å². The molecule has 132 valence electrons. The Morgan fingerprint density at radius 3 is 2.75 bits per heavy atom. The van der Waals surface area contributed by atoms with E-state index in [-0.39, 0.29) is 6.54 Å². The first-order chi connectivity index (χ1) is 11.4. The molecule has 5 nitrogen and oxygen atoms in total. The second-order valence-corrected chi connectivity index (χ2v) is 7.16. The molecule has 0 radical (unpaired) electrons. The van der Waals surface area contributed by atoms with Crippen molar-refractivity contribution in [1.82, 2.24) is 10.6 Å². The molecule has 0 saturated carbocycles. The molecular weight excluding hydrogens is 322 g/mol. The zero-order chi connectivity index (χ0) is 17.6. The fourth-order valence-electron chi connectivity index (χ4n) is 2.30. The van der Waals surface area contributed by atoms with Crippen molar-refractivity contribution in [1.29, 1.82) is 0 Å². The molecule has 0 aromatic carbocycles. The van der Waals surface area contributed by atoms with Crippen LogP contribution >= 0.6 is 11.3 Å². The lowest BCUT2D eigenvalue weighted by atomic mass is 10.0. The lowest BCUT2D eigenvalue weighted by molar-refractivity contribution is 0.0428. The van der Waals surface area contributed by atoms with Crippen LogP contribution in [0.5, 0.6) is 0 Å². The van der Waals surface area contributed by atoms with Crippen molar-refractivity contribution in [3.8, 4) is 0 Å². The van der Waals surface area contributed by atoms with E-state index in [4.69, 9.17) is 4.42 Å². The lowest BCUT2D eigenvalue weighted by Gasteiger charge is -2.20. The van der Waals surface area contributed by atoms with Crippen LogP contribution in [0.25, 0.3) is 0 Å². The van der Waals surface area contributed by atoms with Crippen LogP contribution in [-0.4, -0.2) is 30.7 Å². The van der Waals surface area contributed by atoms with E-state index in [0.29, 0.717) is 17.6 Å². The van der Waals surface area contributed by atoms with Gasteiger partial charge >= 0.3 is 0 Å². The summed E-state index contributed by atoms with van der Waals surface area (Å²) in [5, 5.41) is 19.2. The summed E-state index contributed by atoms with van der Waals surface area (Å²) < 4.78 is 5.53. The number of aliphatic imine (C=N–C) groups is 1. The molecule has 2 aromatic heterocycles. The quantitative estimate of drug-likeness (QED) is 0.530. The number of furan rings is 1. The van der Waals surface area contributed by atoms with Crippen LogP contribution in [-0.2, 0) is 5.60 Å². The predicted molar refractivity (Wildman–Crippen MR) is 99.7 cm³/mol. The van der Waals surface area contributed by atoms with Crippen molar-refractivity contribution in [3.63, 3.8) is 0 Å². The molecule has 24 heavy (non-hydrogen) atoms. The minimum Gasteiger partial charge on any atom is -0.463 e. The maximum Gasteiger partial charge on any atom is 0.191 e. The highest BCUT2D eigenvalue weighted by molar-refractivity contribution is 7.10. The molecule has 2 rings (SSSR count). The number of nitrogens with zero attached hydrogens (tertiary/aromatic N) is 1. The topological polar surface area (TPSA) is 69.8 Å². The number of hydrogen-bond donors (Lipinski definition) is 3. The van der Waals surface area contributed by atoms with E-state index in [0.717, 1.165) is 18.8 Å². The van der Waals surface area contributed by atoms with Crippen LogP contribution < -0.4 is 10.6 Å². The number of aliphatic hydroxyl groups is 1. The van der Waals surface area contributed by atoms with E-state index in [1.165, 1.54) is 4.88 Å². The summed E-state index contributed by atoms with van der Waals surface area (Å²) >= 11 is 1.76. The van der Waals surface area contributed by atoms with Gasteiger partial charge in [-0.15, -0.1) is 11.3 Å². The molecule has 2 heterocycles. The van der Waals surface area contributed by atoms with Crippen molar-refractivity contribution < 1.29 is 9.52 Å². The Morgan fingerprint density at radius 2 is 2.17 bits per heavy atom. The van der Waals surface area contributed by atoms with Gasteiger partial charge in [-0.2, -0.15) is 0 Å². The fourth-order valence-corrected chi connectivity index (χ4v) is 3.09. The third-order valence-electron chi connectivity index (χ3n) is 3.77. The highest BCUT2D eigenvalue weighted by atomic mass is 32.1. The van der Waals surface area contributed by atoms with Crippen LogP contribution in [0, 0.1) is 6.92 Å². The van der Waals surface area contributed by atoms with E-state index in [2.05, 4.69) is 40.1 Å². The van der Waals surface area contributed by atoms with E-state index in [1.807, 2.05) is 19.9 Å². The summed E-state index contributed by atoms with van der Waals surface area (Å²) in [7, 11) is 0. The minimum atomic E-state index is -1.13. The molecule has 0 aliphatic carbocycles. The Bertz CT molecular complexity index is 647. The van der Waals surface area contributed by atoms with Gasteiger partial charge in [0.2, 0.25) is 0 Å². The maximum absolute atomic E-state index is 10.6. The molecule has 2 unspecified atom stereocenters. The molecule has 2 aromatic rings. The van der Waals surface area contributed by atoms with Crippen molar-refractivity contribution in [2.24, 2.45) is 4.99 Å². The van der Waals surface area contributed by atoms with Crippen LogP contribution in [0.2, 0.25) is 0 Å². The van der Waals surface area contributed by atoms with Gasteiger partial charge in [0.25, 0.3) is 0 Å². The summed E-state index contributed by atoms with van der Waals surface area (Å²) in [4.78, 5) is 5.86. The molecule has 0 bridgehead atoms. The second kappa shape index (κ2) is 8.35. The Kier molecular flexibility index (Phi) is 6.45. The van der Waals surface area contributed by atoms with Crippen molar-refractivity contribution >= 4 is 17.3 Å². The normalized spacial score (nSPS) is 15.8. The molecule has 0 saturated heterocycles. The maximum atomic E-state index is 10.6. The molecular formula is C18H27N3O2S. The standard InChI is InChI=1S/C18H27N3O2S/c1-5-19-17(20-11-13(2)15-7-6-10-24-15)21-12-18(4,22)16-9-8-14(3)23-16/h6-10,13,22H,5,11-12H2,1-4H3,(H2,19,20,21). The molecule has 0 aliphatic rings. The van der Waals surface area contributed by atoms with Gasteiger partial charge in [-0.1, -0.05) is 13.0 Å². The van der Waals surface area contributed by atoms with E-state index < -0.39 is 5.60 Å². The van der Waals surface area contributed by atoms with Crippen molar-refractivity contribution in [2.75, 3.05) is 19.6 Å². The lowest BCUT2D eigenvalue weighted by Crippen LogP contribution is -2.40. The summed E-state index contributed by atoms with van der Waals surface area (Å²) in [6.45, 7) is 9.56. The molecule has 0 spiro atoms. The van der Waals surface area contributed by atoms with E-state index >= 15 is 0 Å². The highest BCUT2D eigenvalue weighted by Crippen LogP contribution is 2.23. The summed E-state index contributed by atoms with van der Waals surface area (Å²) in [6, 6.07) is 7.85. The van der Waals surface area contributed by atoms with Gasteiger partial charge in [-0.05, 0) is 44.4 Å². The fraction of sp³-hybridized carbons (Fsp3) is 0.500. The largest absolute Gasteiger partial charge is 0.463 e. The van der Waals surface area contributed by atoms with Gasteiger partial charge in [0.15, 0.2) is 5.96 Å². The molecule has 2 atom stereocenters. The average Bonchev–Trinajstić information content (AvgIpc) is 3.21. The van der Waals surface area contributed by atoms with Crippen molar-refractivity contribution in [3.05, 3.63) is 46.0 Å². The summed E-state index contributed by atoms with van der Waals surface area (Å²) in [6.07, 6.45) is 0. The highest BCUT2D eigenvalue weighted by Gasteiger charge is 2.26. The molecule has 0 fully saturated rings. The van der Waals surface area contributed by atoms with Gasteiger partial charge in [0.05, 0.1) is 6.54 Å². The monoisotopic (exact) mass is 349 g/mol. The smallest absolute Gasteiger partial charge is 0.191 e. The number of rotatable bonds is 7. The first-order valence-corrected chi connectivity index (χ1v) is 9.15. The zero-order valence-corrected chi connectivity index (χ0v) is 15.6. The summed E-state index contributed by atoms with van der Waals surface area (Å²) in [5.41, 5.74) is -1.13. The molecule has 3 N–H and O–H groups in total. The Morgan fingerprint density at radius 1 is 1.38 bits per heavy atom. The van der Waals surface area contributed by atoms with Gasteiger partial charge in [0, 0.05) is 23.9 Å². The second-order valence-electron chi connectivity index (χ2n) is 6.18. The Balaban J connectivity index is 1.97. The predicted octanol–water partition coefficient (Wildman–Crippen LogP) is 3.22. The van der Waals surface area contributed by atoms with Crippen LogP contribution in [0.3, 0.4) is 0 Å². The van der Waals surface area contributed by atoms with Crippen LogP contribution in [0.15, 0.2) is 39.1 Å². The number of aryl methyl sites for hydroxylation is 1. The SMILES string of the molecule is CCNC(=NCC(C)(O)c1ccc(C)o1)NCC(C)c1cccs1. The van der Waals surface area contributed by atoms with Gasteiger partial charge in [-0.3, -0.25) is 0 Å². The molecule has 6 heteroatoms. The molecule has 0 aliphatic heterocycles. The minimum absolute atomic E-state index is 0.225. The van der Waals surface area contributed by atoms with Crippen LogP contribution in [0.1, 0.15) is 43.1 Å². The van der Waals surface area contributed by atoms with Crippen LogP contribution in [0.4, 0.5) is 0 Å². The number of guanidine groups is 1. The third kappa shape index (κ3) is 5.11. The third-order valence-corrected chi connectivity index (χ3v) is 4.87.